The van der Waals surface area contributed by atoms with Gasteiger partial charge in [0, 0.05) is 22.6 Å². The van der Waals surface area contributed by atoms with E-state index >= 15 is 0 Å². The first-order chi connectivity index (χ1) is 8.83. The van der Waals surface area contributed by atoms with Crippen LogP contribution in [0.25, 0.3) is 11.0 Å². The van der Waals surface area contributed by atoms with Crippen LogP contribution in [-0.2, 0) is 0 Å². The predicted molar refractivity (Wildman–Crippen MR) is 77.0 cm³/mol. The Kier molecular flexibility index (Phi) is 2.94. The number of halogens is 1. The summed E-state index contributed by atoms with van der Waals surface area (Å²) in [5.41, 5.74) is 3.73. The van der Waals surface area contributed by atoms with Crippen LogP contribution in [0.15, 0.2) is 59.3 Å². The maximum absolute atomic E-state index is 4.40. The lowest BCUT2D eigenvalue weighted by Crippen LogP contribution is -1.93. The highest BCUT2D eigenvalue weighted by Gasteiger charge is 2.04. The van der Waals surface area contributed by atoms with Gasteiger partial charge >= 0.3 is 0 Å². The quantitative estimate of drug-likeness (QED) is 0.773. The number of aromatic nitrogens is 2. The lowest BCUT2D eigenvalue weighted by molar-refractivity contribution is 1.32. The number of para-hydroxylation sites is 1. The van der Waals surface area contributed by atoms with E-state index in [1.165, 1.54) is 0 Å². The van der Waals surface area contributed by atoms with Gasteiger partial charge in [-0.05, 0) is 40.2 Å². The minimum absolute atomic E-state index is 0.865. The van der Waals surface area contributed by atoms with Crippen molar-refractivity contribution >= 4 is 38.3 Å². The van der Waals surface area contributed by atoms with Gasteiger partial charge in [-0.25, -0.2) is 0 Å². The van der Waals surface area contributed by atoms with Gasteiger partial charge in [0.15, 0.2) is 0 Å². The molecule has 1 N–H and O–H groups in total. The average molecular weight is 300 g/mol. The molecule has 3 rings (SSSR count). The number of hydrogen-bond donors (Lipinski definition) is 1. The highest BCUT2D eigenvalue weighted by Crippen LogP contribution is 2.24. The second kappa shape index (κ2) is 4.74. The van der Waals surface area contributed by atoms with Crippen molar-refractivity contribution in [1.29, 1.82) is 0 Å². The molecule has 4 heteroatoms. The molecule has 0 aliphatic carbocycles. The molecule has 3 nitrogen and oxygen atoms in total. The summed E-state index contributed by atoms with van der Waals surface area (Å²) in [7, 11) is 0. The van der Waals surface area contributed by atoms with E-state index < -0.39 is 0 Å². The Labute approximate surface area is 113 Å². The summed E-state index contributed by atoms with van der Waals surface area (Å²) in [6, 6.07) is 13.9. The topological polar surface area (TPSA) is 37.8 Å². The number of pyridine rings is 2. The van der Waals surface area contributed by atoms with Gasteiger partial charge in [-0.15, -0.1) is 0 Å². The summed E-state index contributed by atoms with van der Waals surface area (Å²) in [6.07, 6.45) is 3.56. The van der Waals surface area contributed by atoms with Gasteiger partial charge in [0.25, 0.3) is 0 Å². The van der Waals surface area contributed by atoms with Gasteiger partial charge in [-0.2, -0.15) is 0 Å². The minimum atomic E-state index is 0.865. The Bertz CT molecular complexity index is 683. The fraction of sp³-hybridized carbons (Fsp3) is 0. The van der Waals surface area contributed by atoms with Crippen LogP contribution < -0.4 is 5.32 Å². The van der Waals surface area contributed by atoms with Crippen LogP contribution in [-0.4, -0.2) is 9.97 Å². The molecule has 0 radical (unpaired) electrons. The van der Waals surface area contributed by atoms with Gasteiger partial charge in [0.05, 0.1) is 11.2 Å². The summed E-state index contributed by atoms with van der Waals surface area (Å²) in [6.45, 7) is 0. The summed E-state index contributed by atoms with van der Waals surface area (Å²) in [4.78, 5) is 8.72. The van der Waals surface area contributed by atoms with Crippen LogP contribution in [0.2, 0.25) is 0 Å². The van der Waals surface area contributed by atoms with Crippen LogP contribution in [0.1, 0.15) is 0 Å². The van der Waals surface area contributed by atoms with Crippen LogP contribution in [0, 0.1) is 0 Å². The molecule has 2 aromatic heterocycles. The summed E-state index contributed by atoms with van der Waals surface area (Å²) in [5, 5.41) is 3.35. The molecular formula is C14H10BrN3. The molecule has 0 aliphatic heterocycles. The van der Waals surface area contributed by atoms with Gasteiger partial charge < -0.3 is 5.32 Å². The molecule has 88 valence electrons. The molecule has 2 heterocycles. The average Bonchev–Trinajstić information content (AvgIpc) is 2.40. The predicted octanol–water partition coefficient (Wildman–Crippen LogP) is 4.14. The van der Waals surface area contributed by atoms with E-state index in [0.717, 1.165) is 26.9 Å². The normalized spacial score (nSPS) is 10.5. The first-order valence-corrected chi connectivity index (χ1v) is 6.34. The molecule has 18 heavy (non-hydrogen) atoms. The highest BCUT2D eigenvalue weighted by molar-refractivity contribution is 9.10. The molecule has 0 bridgehead atoms. The standard InChI is InChI=1S/C14H10BrN3/c15-10-8-13-14(17-9-10)12(6-7-16-13)18-11-4-2-1-3-5-11/h1-9H,(H,16,18). The highest BCUT2D eigenvalue weighted by atomic mass is 79.9. The second-order valence-corrected chi connectivity index (χ2v) is 4.79. The smallest absolute Gasteiger partial charge is 0.112 e. The molecule has 0 fully saturated rings. The molecule has 3 aromatic rings. The molecule has 0 unspecified atom stereocenters. The van der Waals surface area contributed by atoms with E-state index in [0.29, 0.717) is 0 Å². The van der Waals surface area contributed by atoms with Crippen molar-refractivity contribution < 1.29 is 0 Å². The van der Waals surface area contributed by atoms with E-state index in [4.69, 9.17) is 0 Å². The third-order valence-electron chi connectivity index (χ3n) is 2.60. The molecule has 0 saturated carbocycles. The monoisotopic (exact) mass is 299 g/mol. The van der Waals surface area contributed by atoms with Crippen molar-refractivity contribution in [3.05, 3.63) is 59.3 Å². The van der Waals surface area contributed by atoms with Crippen molar-refractivity contribution in [1.82, 2.24) is 9.97 Å². The van der Waals surface area contributed by atoms with Crippen LogP contribution >= 0.6 is 15.9 Å². The zero-order chi connectivity index (χ0) is 12.4. The third kappa shape index (κ3) is 2.19. The first kappa shape index (κ1) is 11.2. The number of hydrogen-bond acceptors (Lipinski definition) is 3. The van der Waals surface area contributed by atoms with Crippen LogP contribution in [0.5, 0.6) is 0 Å². The molecule has 0 saturated heterocycles. The molecule has 0 amide bonds. The van der Waals surface area contributed by atoms with Crippen molar-refractivity contribution in [2.45, 2.75) is 0 Å². The number of rotatable bonds is 2. The number of benzene rings is 1. The number of anilines is 2. The third-order valence-corrected chi connectivity index (χ3v) is 3.03. The maximum atomic E-state index is 4.40. The Hall–Kier alpha value is -1.94. The van der Waals surface area contributed by atoms with Crippen LogP contribution in [0.4, 0.5) is 11.4 Å². The van der Waals surface area contributed by atoms with Crippen molar-refractivity contribution in [3.63, 3.8) is 0 Å². The number of nitrogens with zero attached hydrogens (tertiary/aromatic N) is 2. The molecular weight excluding hydrogens is 290 g/mol. The fourth-order valence-electron chi connectivity index (χ4n) is 1.78. The lowest BCUT2D eigenvalue weighted by Gasteiger charge is -2.08. The van der Waals surface area contributed by atoms with Crippen LogP contribution in [0.3, 0.4) is 0 Å². The zero-order valence-electron chi connectivity index (χ0n) is 9.47. The van der Waals surface area contributed by atoms with Crippen molar-refractivity contribution in [3.8, 4) is 0 Å². The number of nitrogens with one attached hydrogen (secondary N) is 1. The Morgan fingerprint density at radius 2 is 1.83 bits per heavy atom. The minimum Gasteiger partial charge on any atom is -0.354 e. The van der Waals surface area contributed by atoms with E-state index in [1.54, 1.807) is 12.4 Å². The molecule has 0 aliphatic rings. The van der Waals surface area contributed by atoms with E-state index in [9.17, 15) is 0 Å². The van der Waals surface area contributed by atoms with E-state index in [1.807, 2.05) is 42.5 Å². The Balaban J connectivity index is 2.07. The number of fused-ring (bicyclic) bond motifs is 1. The largest absolute Gasteiger partial charge is 0.354 e. The van der Waals surface area contributed by atoms with Crippen molar-refractivity contribution in [2.24, 2.45) is 0 Å². The summed E-state index contributed by atoms with van der Waals surface area (Å²) >= 11 is 3.40. The second-order valence-electron chi connectivity index (χ2n) is 3.87. The van der Waals surface area contributed by atoms with Gasteiger partial charge in [0.1, 0.15) is 5.52 Å². The summed E-state index contributed by atoms with van der Waals surface area (Å²) < 4.78 is 0.930. The first-order valence-electron chi connectivity index (χ1n) is 5.55. The van der Waals surface area contributed by atoms with E-state index in [-0.39, 0.29) is 0 Å². The molecule has 1 aromatic carbocycles. The fourth-order valence-corrected chi connectivity index (χ4v) is 2.10. The maximum Gasteiger partial charge on any atom is 0.112 e. The van der Waals surface area contributed by atoms with Gasteiger partial charge in [-0.1, -0.05) is 18.2 Å². The van der Waals surface area contributed by atoms with E-state index in [2.05, 4.69) is 31.2 Å². The zero-order valence-corrected chi connectivity index (χ0v) is 11.1. The van der Waals surface area contributed by atoms with Crippen molar-refractivity contribution in [2.75, 3.05) is 5.32 Å². The molecule has 0 spiro atoms. The van der Waals surface area contributed by atoms with Gasteiger partial charge in [0.2, 0.25) is 0 Å². The summed E-state index contributed by atoms with van der Waals surface area (Å²) in [5.74, 6) is 0. The SMILES string of the molecule is Brc1cnc2c(Nc3ccccc3)ccnc2c1. The Morgan fingerprint density at radius 3 is 2.67 bits per heavy atom. The lowest BCUT2D eigenvalue weighted by atomic mass is 10.2. The Morgan fingerprint density at radius 1 is 1.00 bits per heavy atom. The molecule has 0 atom stereocenters. The van der Waals surface area contributed by atoms with Gasteiger partial charge in [-0.3, -0.25) is 9.97 Å².